The first-order valence-electron chi connectivity index (χ1n) is 9.98. The average molecular weight is 402 g/mol. The normalized spacial score (nSPS) is 14.3. The number of hydrogen-bond donors (Lipinski definition) is 1. The lowest BCUT2D eigenvalue weighted by Gasteiger charge is -2.30. The van der Waals surface area contributed by atoms with Gasteiger partial charge < -0.3 is 9.84 Å². The summed E-state index contributed by atoms with van der Waals surface area (Å²) in [5, 5.41) is 11.4. The second kappa shape index (κ2) is 9.46. The number of aromatic nitrogens is 2. The van der Waals surface area contributed by atoms with E-state index in [4.69, 9.17) is 4.74 Å². The minimum absolute atomic E-state index is 0.192. The van der Waals surface area contributed by atoms with Crippen molar-refractivity contribution >= 4 is 12.0 Å². The van der Waals surface area contributed by atoms with Crippen molar-refractivity contribution in [3.05, 3.63) is 89.8 Å². The standard InChI is InChI=1S/C25H26N2O3/c1-4-30-24(28)25(29,21-9-6-5-7-10-21)19(3)12-14-20-13-11-18(2)17-22(20)23-26-15-8-16-27-23/h5-17,19,29H,4H2,1-3H3/b14-12+/t19-,25+/m0/s1. The molecule has 0 fully saturated rings. The van der Waals surface area contributed by atoms with Crippen LogP contribution in [0.3, 0.4) is 0 Å². The van der Waals surface area contributed by atoms with Crippen LogP contribution in [0.4, 0.5) is 0 Å². The van der Waals surface area contributed by atoms with Gasteiger partial charge in [-0.1, -0.05) is 67.1 Å². The highest BCUT2D eigenvalue weighted by Crippen LogP contribution is 2.33. The average Bonchev–Trinajstić information content (AvgIpc) is 2.78. The van der Waals surface area contributed by atoms with Gasteiger partial charge in [-0.3, -0.25) is 0 Å². The number of benzene rings is 2. The first kappa shape index (κ1) is 21.4. The molecule has 2 aromatic carbocycles. The highest BCUT2D eigenvalue weighted by molar-refractivity contribution is 5.82. The van der Waals surface area contributed by atoms with Gasteiger partial charge in [0.2, 0.25) is 0 Å². The maximum atomic E-state index is 12.7. The molecule has 0 saturated heterocycles. The van der Waals surface area contributed by atoms with Gasteiger partial charge in [-0.15, -0.1) is 0 Å². The quantitative estimate of drug-likeness (QED) is 0.587. The topological polar surface area (TPSA) is 72.3 Å². The summed E-state index contributed by atoms with van der Waals surface area (Å²) in [6.07, 6.45) is 7.12. The lowest BCUT2D eigenvalue weighted by molar-refractivity contribution is -0.170. The SMILES string of the molecule is CCOC(=O)[C@](O)(c1ccccc1)[C@@H](C)/C=C/c1ccc(C)cc1-c1ncccn1. The number of carbonyl (C=O) groups is 1. The Hall–Kier alpha value is -3.31. The second-order valence-electron chi connectivity index (χ2n) is 7.16. The van der Waals surface area contributed by atoms with E-state index in [0.29, 0.717) is 11.4 Å². The molecule has 0 amide bonds. The molecule has 30 heavy (non-hydrogen) atoms. The summed E-state index contributed by atoms with van der Waals surface area (Å²) in [5.41, 5.74) is 1.59. The molecule has 0 bridgehead atoms. The second-order valence-corrected chi connectivity index (χ2v) is 7.16. The van der Waals surface area contributed by atoms with Gasteiger partial charge in [0.05, 0.1) is 6.61 Å². The number of aryl methyl sites for hydroxylation is 1. The zero-order chi connectivity index (χ0) is 21.6. The Bertz CT molecular complexity index is 1020. The number of esters is 1. The van der Waals surface area contributed by atoms with Crippen molar-refractivity contribution in [1.29, 1.82) is 0 Å². The molecule has 0 aliphatic rings. The van der Waals surface area contributed by atoms with Crippen LogP contribution in [0.25, 0.3) is 17.5 Å². The maximum Gasteiger partial charge on any atom is 0.343 e. The van der Waals surface area contributed by atoms with E-state index in [-0.39, 0.29) is 6.61 Å². The Morgan fingerprint density at radius 3 is 2.50 bits per heavy atom. The van der Waals surface area contributed by atoms with Crippen LogP contribution in [0, 0.1) is 12.8 Å². The van der Waals surface area contributed by atoms with Crippen LogP contribution < -0.4 is 0 Å². The number of carbonyl (C=O) groups excluding carboxylic acids is 1. The van der Waals surface area contributed by atoms with Crippen LogP contribution in [0.5, 0.6) is 0 Å². The van der Waals surface area contributed by atoms with Crippen LogP contribution in [-0.4, -0.2) is 27.7 Å². The van der Waals surface area contributed by atoms with Crippen molar-refractivity contribution in [3.8, 4) is 11.4 Å². The van der Waals surface area contributed by atoms with Crippen LogP contribution in [-0.2, 0) is 15.1 Å². The van der Waals surface area contributed by atoms with Crippen molar-refractivity contribution in [2.45, 2.75) is 26.4 Å². The van der Waals surface area contributed by atoms with Crippen LogP contribution >= 0.6 is 0 Å². The Morgan fingerprint density at radius 1 is 1.13 bits per heavy atom. The van der Waals surface area contributed by atoms with Crippen molar-refractivity contribution < 1.29 is 14.6 Å². The fourth-order valence-corrected chi connectivity index (χ4v) is 3.33. The maximum absolute atomic E-state index is 12.7. The number of ether oxygens (including phenoxy) is 1. The summed E-state index contributed by atoms with van der Waals surface area (Å²) in [7, 11) is 0. The minimum atomic E-state index is -1.79. The minimum Gasteiger partial charge on any atom is -0.464 e. The number of rotatable bonds is 7. The van der Waals surface area contributed by atoms with Gasteiger partial charge in [-0.05, 0) is 37.1 Å². The Labute approximate surface area is 177 Å². The molecule has 0 spiro atoms. The van der Waals surface area contributed by atoms with Crippen LogP contribution in [0.15, 0.2) is 73.1 Å². The van der Waals surface area contributed by atoms with Crippen LogP contribution in [0.1, 0.15) is 30.5 Å². The number of aliphatic hydroxyl groups is 1. The van der Waals surface area contributed by atoms with E-state index < -0.39 is 17.5 Å². The summed E-state index contributed by atoms with van der Waals surface area (Å²) in [4.78, 5) is 21.4. The predicted molar refractivity (Wildman–Crippen MR) is 117 cm³/mol. The van der Waals surface area contributed by atoms with Gasteiger partial charge >= 0.3 is 5.97 Å². The Kier molecular flexibility index (Phi) is 6.75. The van der Waals surface area contributed by atoms with Gasteiger partial charge in [0, 0.05) is 23.9 Å². The molecular formula is C25H26N2O3. The van der Waals surface area contributed by atoms with Crippen molar-refractivity contribution in [2.24, 2.45) is 5.92 Å². The zero-order valence-corrected chi connectivity index (χ0v) is 17.4. The summed E-state index contributed by atoms with van der Waals surface area (Å²) in [6, 6.07) is 16.7. The first-order valence-corrected chi connectivity index (χ1v) is 9.98. The molecule has 1 heterocycles. The van der Waals surface area contributed by atoms with E-state index in [9.17, 15) is 9.90 Å². The molecule has 5 heteroatoms. The molecule has 3 aromatic rings. The smallest absolute Gasteiger partial charge is 0.343 e. The molecule has 0 aliphatic carbocycles. The lowest BCUT2D eigenvalue weighted by Crippen LogP contribution is -2.42. The molecular weight excluding hydrogens is 376 g/mol. The molecule has 1 N–H and O–H groups in total. The van der Waals surface area contributed by atoms with E-state index >= 15 is 0 Å². The fourth-order valence-electron chi connectivity index (χ4n) is 3.33. The first-order chi connectivity index (χ1) is 14.5. The fraction of sp³-hybridized carbons (Fsp3) is 0.240. The molecule has 2 atom stereocenters. The summed E-state index contributed by atoms with van der Waals surface area (Å²) in [5.74, 6) is -0.578. The molecule has 1 aromatic heterocycles. The van der Waals surface area contributed by atoms with Gasteiger partial charge in [-0.2, -0.15) is 0 Å². The molecule has 154 valence electrons. The van der Waals surface area contributed by atoms with E-state index in [1.54, 1.807) is 56.6 Å². The van der Waals surface area contributed by atoms with E-state index in [1.165, 1.54) is 0 Å². The predicted octanol–water partition coefficient (Wildman–Crippen LogP) is 4.55. The monoisotopic (exact) mass is 402 g/mol. The third kappa shape index (κ3) is 4.47. The van der Waals surface area contributed by atoms with Crippen molar-refractivity contribution in [1.82, 2.24) is 9.97 Å². The van der Waals surface area contributed by atoms with Gasteiger partial charge in [-0.25, -0.2) is 14.8 Å². The highest BCUT2D eigenvalue weighted by Gasteiger charge is 2.43. The molecule has 0 aliphatic heterocycles. The third-order valence-corrected chi connectivity index (χ3v) is 5.04. The Morgan fingerprint density at radius 2 is 1.83 bits per heavy atom. The van der Waals surface area contributed by atoms with Crippen LogP contribution in [0.2, 0.25) is 0 Å². The van der Waals surface area contributed by atoms with Crippen molar-refractivity contribution in [3.63, 3.8) is 0 Å². The summed E-state index contributed by atoms with van der Waals surface area (Å²) >= 11 is 0. The summed E-state index contributed by atoms with van der Waals surface area (Å²) < 4.78 is 5.20. The molecule has 0 radical (unpaired) electrons. The van der Waals surface area contributed by atoms with E-state index in [1.807, 2.05) is 43.3 Å². The summed E-state index contributed by atoms with van der Waals surface area (Å²) in [6.45, 7) is 5.73. The van der Waals surface area contributed by atoms with Crippen molar-refractivity contribution in [2.75, 3.05) is 6.61 Å². The molecule has 5 nitrogen and oxygen atoms in total. The largest absolute Gasteiger partial charge is 0.464 e. The number of hydrogen-bond acceptors (Lipinski definition) is 5. The van der Waals surface area contributed by atoms with E-state index in [2.05, 4.69) is 9.97 Å². The van der Waals surface area contributed by atoms with Gasteiger partial charge in [0.25, 0.3) is 0 Å². The lowest BCUT2D eigenvalue weighted by atomic mass is 9.81. The molecule has 3 rings (SSSR count). The van der Waals surface area contributed by atoms with Gasteiger partial charge in [0.15, 0.2) is 11.4 Å². The van der Waals surface area contributed by atoms with Gasteiger partial charge in [0.1, 0.15) is 0 Å². The number of nitrogens with zero attached hydrogens (tertiary/aromatic N) is 2. The molecule has 0 unspecified atom stereocenters. The molecule has 0 saturated carbocycles. The zero-order valence-electron chi connectivity index (χ0n) is 17.4. The highest BCUT2D eigenvalue weighted by atomic mass is 16.5. The Balaban J connectivity index is 1.99. The van der Waals surface area contributed by atoms with E-state index in [0.717, 1.165) is 16.7 Å². The third-order valence-electron chi connectivity index (χ3n) is 5.04.